The number of nitro groups is 1. The highest BCUT2D eigenvalue weighted by molar-refractivity contribution is 7.16. The van der Waals surface area contributed by atoms with Gasteiger partial charge in [-0.15, -0.1) is 11.3 Å². The maximum atomic E-state index is 12.8. The summed E-state index contributed by atoms with van der Waals surface area (Å²) in [6, 6.07) is 4.15. The molecule has 2 unspecified atom stereocenters. The van der Waals surface area contributed by atoms with Crippen molar-refractivity contribution >= 4 is 27.9 Å². The molecule has 0 radical (unpaired) electrons. The number of benzene rings is 1. The number of carbonyl (C=O) groups excluding carboxylic acids is 1. The molecule has 8 heteroatoms. The molecule has 1 aliphatic carbocycles. The first-order valence-corrected chi connectivity index (χ1v) is 10.2. The van der Waals surface area contributed by atoms with Gasteiger partial charge in [0.25, 0.3) is 5.91 Å². The molecule has 4 rings (SSSR count). The van der Waals surface area contributed by atoms with Crippen LogP contribution in [0.4, 0.5) is 10.7 Å². The van der Waals surface area contributed by atoms with Gasteiger partial charge in [-0.2, -0.15) is 0 Å². The topological polar surface area (TPSA) is 104 Å². The van der Waals surface area contributed by atoms with Gasteiger partial charge in [0.1, 0.15) is 11.2 Å². The molecule has 1 aromatic heterocycles. The SMILES string of the molecule is CC(C)(C)C1CCc2c(sc3c2C(=O)NC(c2ccc(O)c([N+](=O)[O-])c2)N3)C1. The number of nitro benzene ring substituents is 1. The summed E-state index contributed by atoms with van der Waals surface area (Å²) in [6.45, 7) is 6.78. The Bertz CT molecular complexity index is 977. The number of phenolic OH excluding ortho intramolecular Hbond substituents is 1. The van der Waals surface area contributed by atoms with Crippen LogP contribution in [0.3, 0.4) is 0 Å². The standard InChI is InChI=1S/C20H23N3O4S/c1-20(2,3)11-5-6-12-15(9-11)28-19-16(12)18(25)21-17(22-19)10-4-7-14(24)13(8-10)23(26)27/h4,7-8,11,17,22,24H,5-6,9H2,1-3H3,(H,21,25). The van der Waals surface area contributed by atoms with E-state index >= 15 is 0 Å². The normalized spacial score (nSPS) is 21.3. The van der Waals surface area contributed by atoms with Gasteiger partial charge in [-0.25, -0.2) is 0 Å². The molecule has 0 saturated heterocycles. The van der Waals surface area contributed by atoms with Crippen molar-refractivity contribution in [1.29, 1.82) is 0 Å². The third-order valence-corrected chi connectivity index (χ3v) is 6.98. The van der Waals surface area contributed by atoms with E-state index < -0.39 is 16.8 Å². The molecule has 1 aromatic carbocycles. The molecule has 2 aromatic rings. The van der Waals surface area contributed by atoms with E-state index in [4.69, 9.17) is 0 Å². The Labute approximate surface area is 166 Å². The van der Waals surface area contributed by atoms with Crippen molar-refractivity contribution in [3.8, 4) is 5.75 Å². The summed E-state index contributed by atoms with van der Waals surface area (Å²) >= 11 is 1.62. The van der Waals surface area contributed by atoms with Crippen LogP contribution in [0.15, 0.2) is 18.2 Å². The molecule has 0 spiro atoms. The first-order valence-electron chi connectivity index (χ1n) is 9.34. The number of phenols is 1. The fraction of sp³-hybridized carbons (Fsp3) is 0.450. The van der Waals surface area contributed by atoms with Crippen LogP contribution in [0.25, 0.3) is 0 Å². The number of aromatic hydroxyl groups is 1. The fourth-order valence-electron chi connectivity index (χ4n) is 4.07. The summed E-state index contributed by atoms with van der Waals surface area (Å²) in [4.78, 5) is 24.6. The van der Waals surface area contributed by atoms with Gasteiger partial charge in [0.2, 0.25) is 0 Å². The summed E-state index contributed by atoms with van der Waals surface area (Å²) in [5.41, 5.74) is 2.24. The van der Waals surface area contributed by atoms with Crippen molar-refractivity contribution in [2.75, 3.05) is 5.32 Å². The molecular formula is C20H23N3O4S. The molecule has 2 aliphatic rings. The summed E-state index contributed by atoms with van der Waals surface area (Å²) in [5.74, 6) is 0.0382. The lowest BCUT2D eigenvalue weighted by molar-refractivity contribution is -0.385. The smallest absolute Gasteiger partial charge is 0.311 e. The van der Waals surface area contributed by atoms with E-state index in [0.29, 0.717) is 11.5 Å². The number of nitrogens with zero attached hydrogens (tertiary/aromatic N) is 1. The van der Waals surface area contributed by atoms with Gasteiger partial charge in [0, 0.05) is 16.5 Å². The van der Waals surface area contributed by atoms with Crippen LogP contribution in [0.5, 0.6) is 5.75 Å². The minimum absolute atomic E-state index is 0.152. The van der Waals surface area contributed by atoms with Gasteiger partial charge in [0.05, 0.1) is 10.5 Å². The first kappa shape index (κ1) is 18.7. The van der Waals surface area contributed by atoms with Gasteiger partial charge in [-0.3, -0.25) is 14.9 Å². The lowest BCUT2D eigenvalue weighted by atomic mass is 9.72. The largest absolute Gasteiger partial charge is 0.502 e. The molecule has 1 aliphatic heterocycles. The summed E-state index contributed by atoms with van der Waals surface area (Å²) in [6.07, 6.45) is 2.37. The second kappa shape index (κ2) is 6.48. The molecule has 0 bridgehead atoms. The Hall–Kier alpha value is -2.61. The molecule has 1 amide bonds. The molecule has 2 atom stereocenters. The van der Waals surface area contributed by atoms with E-state index in [0.717, 1.165) is 35.4 Å². The average Bonchev–Trinajstić information content (AvgIpc) is 2.99. The summed E-state index contributed by atoms with van der Waals surface area (Å²) in [5, 5.41) is 27.8. The van der Waals surface area contributed by atoms with Gasteiger partial charge >= 0.3 is 5.69 Å². The molecule has 7 nitrogen and oxygen atoms in total. The van der Waals surface area contributed by atoms with Crippen molar-refractivity contribution in [3.05, 3.63) is 49.9 Å². The summed E-state index contributed by atoms with van der Waals surface area (Å²) < 4.78 is 0. The molecule has 0 fully saturated rings. The number of rotatable bonds is 2. The Balaban J connectivity index is 1.65. The Morgan fingerprint density at radius 1 is 1.29 bits per heavy atom. The third kappa shape index (κ3) is 3.11. The minimum atomic E-state index is -0.634. The predicted molar refractivity (Wildman–Crippen MR) is 108 cm³/mol. The number of carbonyl (C=O) groups is 1. The van der Waals surface area contributed by atoms with Gasteiger partial charge in [0.15, 0.2) is 5.75 Å². The van der Waals surface area contributed by atoms with E-state index in [-0.39, 0.29) is 17.0 Å². The second-order valence-electron chi connectivity index (χ2n) is 8.57. The van der Waals surface area contributed by atoms with Gasteiger partial charge in [-0.1, -0.05) is 26.8 Å². The van der Waals surface area contributed by atoms with Crippen LogP contribution in [0, 0.1) is 21.4 Å². The molecule has 0 saturated carbocycles. The number of hydrogen-bond donors (Lipinski definition) is 3. The highest BCUT2D eigenvalue weighted by Crippen LogP contribution is 2.46. The number of anilines is 1. The minimum Gasteiger partial charge on any atom is -0.502 e. The zero-order valence-corrected chi connectivity index (χ0v) is 16.9. The maximum Gasteiger partial charge on any atom is 0.311 e. The monoisotopic (exact) mass is 401 g/mol. The van der Waals surface area contributed by atoms with Crippen LogP contribution in [-0.4, -0.2) is 15.9 Å². The van der Waals surface area contributed by atoms with Crippen molar-refractivity contribution < 1.29 is 14.8 Å². The van der Waals surface area contributed by atoms with E-state index in [9.17, 15) is 20.0 Å². The fourth-order valence-corrected chi connectivity index (χ4v) is 5.42. The van der Waals surface area contributed by atoms with E-state index in [1.165, 1.54) is 17.0 Å². The van der Waals surface area contributed by atoms with Crippen molar-refractivity contribution in [3.63, 3.8) is 0 Å². The van der Waals surface area contributed by atoms with Crippen molar-refractivity contribution in [2.24, 2.45) is 11.3 Å². The van der Waals surface area contributed by atoms with Crippen LogP contribution in [0.2, 0.25) is 0 Å². The zero-order valence-electron chi connectivity index (χ0n) is 16.0. The van der Waals surface area contributed by atoms with E-state index in [2.05, 4.69) is 31.4 Å². The molecule has 28 heavy (non-hydrogen) atoms. The van der Waals surface area contributed by atoms with Crippen molar-refractivity contribution in [2.45, 2.75) is 46.2 Å². The highest BCUT2D eigenvalue weighted by atomic mass is 32.1. The Morgan fingerprint density at radius 2 is 2.04 bits per heavy atom. The summed E-state index contributed by atoms with van der Waals surface area (Å²) in [7, 11) is 0. The predicted octanol–water partition coefficient (Wildman–Crippen LogP) is 4.37. The Morgan fingerprint density at radius 3 is 2.71 bits per heavy atom. The third-order valence-electron chi connectivity index (χ3n) is 5.80. The van der Waals surface area contributed by atoms with Crippen LogP contribution in [-0.2, 0) is 12.8 Å². The molecule has 3 N–H and O–H groups in total. The van der Waals surface area contributed by atoms with E-state index in [1.54, 1.807) is 17.4 Å². The number of fused-ring (bicyclic) bond motifs is 3. The molecule has 148 valence electrons. The highest BCUT2D eigenvalue weighted by Gasteiger charge is 2.36. The number of thiophene rings is 1. The van der Waals surface area contributed by atoms with Crippen LogP contribution < -0.4 is 10.6 Å². The number of hydrogen-bond acceptors (Lipinski definition) is 6. The second-order valence-corrected chi connectivity index (χ2v) is 9.67. The average molecular weight is 401 g/mol. The van der Waals surface area contributed by atoms with Crippen molar-refractivity contribution in [1.82, 2.24) is 5.32 Å². The van der Waals surface area contributed by atoms with Crippen LogP contribution in [0.1, 0.15) is 59.7 Å². The Kier molecular flexibility index (Phi) is 4.33. The molecular weight excluding hydrogens is 378 g/mol. The van der Waals surface area contributed by atoms with Crippen LogP contribution >= 0.6 is 11.3 Å². The number of amides is 1. The maximum absolute atomic E-state index is 12.8. The molecule has 2 heterocycles. The van der Waals surface area contributed by atoms with E-state index in [1.807, 2.05) is 0 Å². The van der Waals surface area contributed by atoms with Gasteiger partial charge < -0.3 is 15.7 Å². The quantitative estimate of drug-likeness (QED) is 0.512. The van der Waals surface area contributed by atoms with Gasteiger partial charge in [-0.05, 0) is 42.2 Å². The number of nitrogens with one attached hydrogen (secondary N) is 2. The zero-order chi connectivity index (χ0) is 20.2. The lowest BCUT2D eigenvalue weighted by Crippen LogP contribution is -2.38. The first-order chi connectivity index (χ1) is 13.1. The lowest BCUT2D eigenvalue weighted by Gasteiger charge is -2.34.